The normalized spacial score (nSPS) is 17.6. The van der Waals surface area contributed by atoms with Crippen molar-refractivity contribution in [1.29, 1.82) is 0 Å². The highest BCUT2D eigenvalue weighted by molar-refractivity contribution is 6.46. The second-order valence-electron chi connectivity index (χ2n) is 8.40. The molecular weight excluding hydrogens is 432 g/mol. The smallest absolute Gasteiger partial charge is 0.295 e. The van der Waals surface area contributed by atoms with E-state index in [1.165, 1.54) is 19.1 Å². The fourth-order valence-corrected chi connectivity index (χ4v) is 4.45. The summed E-state index contributed by atoms with van der Waals surface area (Å²) >= 11 is 0. The van der Waals surface area contributed by atoms with Crippen molar-refractivity contribution in [3.05, 3.63) is 77.4 Å². The van der Waals surface area contributed by atoms with Gasteiger partial charge >= 0.3 is 0 Å². The van der Waals surface area contributed by atoms with E-state index in [4.69, 9.17) is 9.47 Å². The van der Waals surface area contributed by atoms with E-state index in [1.54, 1.807) is 18.2 Å². The molecule has 1 aliphatic rings. The van der Waals surface area contributed by atoms with Gasteiger partial charge in [-0.3, -0.25) is 9.59 Å². The Morgan fingerprint density at radius 2 is 1.56 bits per heavy atom. The average Bonchev–Trinajstić information content (AvgIpc) is 3.10. The molecule has 1 heterocycles. The Hall–Kier alpha value is -3.84. The maximum absolute atomic E-state index is 13.4. The van der Waals surface area contributed by atoms with Crippen LogP contribution in [-0.4, -0.2) is 68.0 Å². The Labute approximate surface area is 198 Å². The summed E-state index contributed by atoms with van der Waals surface area (Å²) in [6, 6.07) is 17.9. The molecule has 1 saturated heterocycles. The molecule has 1 fully saturated rings. The number of carbonyl (C=O) groups is 2. The minimum Gasteiger partial charge on any atom is -0.506 e. The van der Waals surface area contributed by atoms with Crippen LogP contribution in [0.4, 0.5) is 0 Å². The number of nitrogens with zero attached hydrogens (tertiary/aromatic N) is 2. The van der Waals surface area contributed by atoms with Crippen molar-refractivity contribution in [2.24, 2.45) is 0 Å². The predicted octanol–water partition coefficient (Wildman–Crippen LogP) is 3.84. The Kier molecular flexibility index (Phi) is 6.56. The van der Waals surface area contributed by atoms with E-state index in [2.05, 4.69) is 0 Å². The van der Waals surface area contributed by atoms with E-state index in [9.17, 15) is 14.7 Å². The van der Waals surface area contributed by atoms with Crippen LogP contribution in [0, 0.1) is 0 Å². The minimum absolute atomic E-state index is 0.0166. The molecule has 1 unspecified atom stereocenters. The molecule has 7 heteroatoms. The van der Waals surface area contributed by atoms with Gasteiger partial charge in [0.15, 0.2) is 0 Å². The van der Waals surface area contributed by atoms with Crippen molar-refractivity contribution < 1.29 is 24.2 Å². The summed E-state index contributed by atoms with van der Waals surface area (Å²) in [5.41, 5.74) is 1.03. The highest BCUT2D eigenvalue weighted by Crippen LogP contribution is 2.44. The quantitative estimate of drug-likeness (QED) is 0.328. The first-order valence-corrected chi connectivity index (χ1v) is 11.0. The molecule has 1 atom stereocenters. The summed E-state index contributed by atoms with van der Waals surface area (Å²) in [5.74, 6) is -1.02. The molecule has 0 bridgehead atoms. The molecule has 1 amide bonds. The van der Waals surface area contributed by atoms with Crippen LogP contribution < -0.4 is 9.47 Å². The van der Waals surface area contributed by atoms with Crippen molar-refractivity contribution in [3.8, 4) is 11.5 Å². The van der Waals surface area contributed by atoms with Gasteiger partial charge in [-0.2, -0.15) is 0 Å². The molecule has 0 aliphatic carbocycles. The number of fused-ring (bicyclic) bond motifs is 1. The van der Waals surface area contributed by atoms with Gasteiger partial charge in [-0.1, -0.05) is 48.5 Å². The Morgan fingerprint density at radius 3 is 2.21 bits per heavy atom. The highest BCUT2D eigenvalue weighted by atomic mass is 16.5. The first-order valence-electron chi connectivity index (χ1n) is 11.0. The number of ether oxygens (including phenoxy) is 2. The van der Waals surface area contributed by atoms with Gasteiger partial charge in [0.2, 0.25) is 0 Å². The summed E-state index contributed by atoms with van der Waals surface area (Å²) in [6.07, 6.45) is 0. The van der Waals surface area contributed by atoms with Gasteiger partial charge < -0.3 is 24.4 Å². The minimum atomic E-state index is -0.763. The number of ketones is 1. The number of amides is 1. The molecule has 0 radical (unpaired) electrons. The monoisotopic (exact) mass is 460 g/mol. The fraction of sp³-hybridized carbons (Fsp3) is 0.259. The van der Waals surface area contributed by atoms with Crippen molar-refractivity contribution in [2.75, 3.05) is 41.4 Å². The summed E-state index contributed by atoms with van der Waals surface area (Å²) in [7, 11) is 6.76. The number of rotatable bonds is 7. The first-order chi connectivity index (χ1) is 16.4. The van der Waals surface area contributed by atoms with Gasteiger partial charge in [0, 0.05) is 13.1 Å². The van der Waals surface area contributed by atoms with Crippen LogP contribution in [-0.2, 0) is 9.59 Å². The molecule has 3 aromatic rings. The van der Waals surface area contributed by atoms with Gasteiger partial charge in [-0.05, 0) is 42.6 Å². The lowest BCUT2D eigenvalue weighted by molar-refractivity contribution is -0.140. The van der Waals surface area contributed by atoms with Crippen molar-refractivity contribution in [3.63, 3.8) is 0 Å². The lowest BCUT2D eigenvalue weighted by Gasteiger charge is -2.27. The number of carbonyl (C=O) groups excluding carboxylic acids is 2. The predicted molar refractivity (Wildman–Crippen MR) is 131 cm³/mol. The number of methoxy groups -OCH3 is 2. The summed E-state index contributed by atoms with van der Waals surface area (Å²) in [4.78, 5) is 30.1. The average molecular weight is 461 g/mol. The van der Waals surface area contributed by atoms with Crippen molar-refractivity contribution in [2.45, 2.75) is 6.04 Å². The van der Waals surface area contributed by atoms with E-state index in [0.717, 1.165) is 16.3 Å². The molecule has 1 aliphatic heterocycles. The van der Waals surface area contributed by atoms with Gasteiger partial charge in [-0.15, -0.1) is 0 Å². The van der Waals surface area contributed by atoms with Crippen LogP contribution in [0.2, 0.25) is 0 Å². The first kappa shape index (κ1) is 23.3. The fourth-order valence-electron chi connectivity index (χ4n) is 4.45. The van der Waals surface area contributed by atoms with Gasteiger partial charge in [0.25, 0.3) is 11.7 Å². The van der Waals surface area contributed by atoms with Crippen LogP contribution in [0.3, 0.4) is 0 Å². The van der Waals surface area contributed by atoms with E-state index in [0.29, 0.717) is 24.6 Å². The number of likely N-dealkylation sites (tertiary alicyclic amines) is 1. The Morgan fingerprint density at radius 1 is 0.941 bits per heavy atom. The molecule has 7 nitrogen and oxygen atoms in total. The molecule has 4 rings (SSSR count). The molecule has 0 saturated carbocycles. The molecule has 1 N–H and O–H groups in total. The van der Waals surface area contributed by atoms with Crippen LogP contribution in [0.15, 0.2) is 66.2 Å². The standard InChI is InChI=1S/C27H28N2O5/c1-28(2)15-16-29-24(19-12-7-10-17-9-5-6-11-18(17)19)23(26(31)27(29)32)25(30)22-20(33-3)13-8-14-21(22)34-4/h5-14,24,30H,15-16H2,1-4H3/b25-23+. The van der Waals surface area contributed by atoms with Crippen molar-refractivity contribution in [1.82, 2.24) is 9.80 Å². The van der Waals surface area contributed by atoms with E-state index in [1.807, 2.05) is 61.5 Å². The van der Waals surface area contributed by atoms with Crippen LogP contribution in [0.5, 0.6) is 11.5 Å². The third kappa shape index (κ3) is 3.99. The number of hydrogen-bond donors (Lipinski definition) is 1. The molecular formula is C27H28N2O5. The maximum atomic E-state index is 13.4. The number of hydrogen-bond acceptors (Lipinski definition) is 6. The Balaban J connectivity index is 2.01. The van der Waals surface area contributed by atoms with Gasteiger partial charge in [-0.25, -0.2) is 0 Å². The van der Waals surface area contributed by atoms with Gasteiger partial charge in [0.05, 0.1) is 25.8 Å². The molecule has 0 aromatic heterocycles. The SMILES string of the molecule is COc1cccc(OC)c1/C(O)=C1\C(=O)C(=O)N(CCN(C)C)C1c1cccc2ccccc12. The molecule has 0 spiro atoms. The number of Topliss-reactive ketones (excluding diaryl/α,β-unsaturated/α-hetero) is 1. The number of aliphatic hydroxyl groups excluding tert-OH is 1. The second kappa shape index (κ2) is 9.57. The third-order valence-electron chi connectivity index (χ3n) is 6.11. The molecule has 3 aromatic carbocycles. The number of aliphatic hydroxyl groups is 1. The third-order valence-corrected chi connectivity index (χ3v) is 6.11. The number of likely N-dealkylation sites (N-methyl/N-ethyl adjacent to an activating group) is 1. The zero-order valence-electron chi connectivity index (χ0n) is 19.7. The topological polar surface area (TPSA) is 79.3 Å². The maximum Gasteiger partial charge on any atom is 0.295 e. The lowest BCUT2D eigenvalue weighted by atomic mass is 9.91. The summed E-state index contributed by atoms with van der Waals surface area (Å²) in [6.45, 7) is 0.887. The molecule has 34 heavy (non-hydrogen) atoms. The summed E-state index contributed by atoms with van der Waals surface area (Å²) in [5, 5.41) is 13.4. The largest absolute Gasteiger partial charge is 0.506 e. The zero-order chi connectivity index (χ0) is 24.4. The van der Waals surface area contributed by atoms with E-state index in [-0.39, 0.29) is 16.9 Å². The van der Waals surface area contributed by atoms with E-state index < -0.39 is 17.7 Å². The lowest BCUT2D eigenvalue weighted by Crippen LogP contribution is -2.35. The second-order valence-corrected chi connectivity index (χ2v) is 8.40. The Bertz CT molecular complexity index is 1250. The van der Waals surface area contributed by atoms with E-state index >= 15 is 0 Å². The number of benzene rings is 3. The summed E-state index contributed by atoms with van der Waals surface area (Å²) < 4.78 is 10.9. The van der Waals surface area contributed by atoms with Gasteiger partial charge in [0.1, 0.15) is 22.8 Å². The van der Waals surface area contributed by atoms with Crippen LogP contribution in [0.25, 0.3) is 16.5 Å². The van der Waals surface area contributed by atoms with Crippen LogP contribution >= 0.6 is 0 Å². The van der Waals surface area contributed by atoms with Crippen LogP contribution in [0.1, 0.15) is 17.2 Å². The zero-order valence-corrected chi connectivity index (χ0v) is 19.7. The molecule has 176 valence electrons. The van der Waals surface area contributed by atoms with Crippen molar-refractivity contribution >= 4 is 28.2 Å². The highest BCUT2D eigenvalue weighted by Gasteiger charge is 2.47.